The summed E-state index contributed by atoms with van der Waals surface area (Å²) >= 11 is 1.72. The lowest BCUT2D eigenvalue weighted by Crippen LogP contribution is -2.40. The van der Waals surface area contributed by atoms with E-state index in [1.54, 1.807) is 11.3 Å². The van der Waals surface area contributed by atoms with Crippen LogP contribution in [0.1, 0.15) is 50.5 Å². The van der Waals surface area contributed by atoms with Crippen molar-refractivity contribution in [1.82, 2.24) is 4.90 Å². The summed E-state index contributed by atoms with van der Waals surface area (Å²) < 4.78 is 0. The number of rotatable bonds is 5. The number of hydrogen-bond donors (Lipinski definition) is 0. The molecule has 0 spiro atoms. The Bertz CT molecular complexity index is 391. The predicted octanol–water partition coefficient (Wildman–Crippen LogP) is 3.61. The van der Waals surface area contributed by atoms with Gasteiger partial charge in [0.05, 0.1) is 0 Å². The second-order valence-corrected chi connectivity index (χ2v) is 6.38. The van der Waals surface area contributed by atoms with Crippen molar-refractivity contribution >= 4 is 17.2 Å². The molecular weight excluding hydrogens is 242 g/mol. The van der Waals surface area contributed by atoms with Crippen molar-refractivity contribution in [3.05, 3.63) is 22.4 Å². The highest BCUT2D eigenvalue weighted by Gasteiger charge is 2.37. The number of amides is 1. The molecule has 2 saturated carbocycles. The molecule has 2 aliphatic carbocycles. The molecule has 2 fully saturated rings. The highest BCUT2D eigenvalue weighted by molar-refractivity contribution is 7.07. The van der Waals surface area contributed by atoms with E-state index in [1.807, 2.05) is 0 Å². The van der Waals surface area contributed by atoms with Gasteiger partial charge in [0.1, 0.15) is 0 Å². The minimum atomic E-state index is 0.399. The van der Waals surface area contributed by atoms with Gasteiger partial charge in [-0.25, -0.2) is 0 Å². The van der Waals surface area contributed by atoms with Crippen LogP contribution in [0, 0.1) is 0 Å². The Balaban J connectivity index is 1.57. The molecule has 2 nitrogen and oxygen atoms in total. The van der Waals surface area contributed by atoms with Crippen molar-refractivity contribution < 1.29 is 4.79 Å². The van der Waals surface area contributed by atoms with Gasteiger partial charge in [-0.2, -0.15) is 11.3 Å². The summed E-state index contributed by atoms with van der Waals surface area (Å²) in [5.74, 6) is 0.399. The summed E-state index contributed by atoms with van der Waals surface area (Å²) in [5, 5.41) is 4.25. The lowest BCUT2D eigenvalue weighted by Gasteiger charge is -2.29. The Labute approximate surface area is 113 Å². The minimum Gasteiger partial charge on any atom is -0.337 e. The van der Waals surface area contributed by atoms with Gasteiger partial charge in [-0.05, 0) is 54.5 Å². The molecule has 0 N–H and O–H groups in total. The van der Waals surface area contributed by atoms with Crippen molar-refractivity contribution in [2.45, 2.75) is 63.5 Å². The average molecular weight is 263 g/mol. The third kappa shape index (κ3) is 2.77. The van der Waals surface area contributed by atoms with Crippen LogP contribution in [0.25, 0.3) is 0 Å². The molecule has 2 aliphatic rings. The third-order valence-corrected chi connectivity index (χ3v) is 4.89. The van der Waals surface area contributed by atoms with Crippen LogP contribution in [0.15, 0.2) is 16.8 Å². The van der Waals surface area contributed by atoms with E-state index >= 15 is 0 Å². The second-order valence-electron chi connectivity index (χ2n) is 5.60. The fourth-order valence-corrected chi connectivity index (χ4v) is 3.76. The maximum Gasteiger partial charge on any atom is 0.223 e. The molecular formula is C15H21NOS. The van der Waals surface area contributed by atoms with E-state index in [-0.39, 0.29) is 0 Å². The van der Waals surface area contributed by atoms with E-state index in [0.29, 0.717) is 24.4 Å². The first-order chi connectivity index (χ1) is 8.84. The molecule has 0 aromatic carbocycles. The standard InChI is InChI=1S/C15H21NOS/c17-15(8-5-12-9-10-18-11-12)16(14-6-7-14)13-3-1-2-4-13/h9-11,13-14H,1-8H2. The van der Waals surface area contributed by atoms with Crippen LogP contribution < -0.4 is 0 Å². The zero-order valence-corrected chi connectivity index (χ0v) is 11.6. The fourth-order valence-electron chi connectivity index (χ4n) is 3.06. The predicted molar refractivity (Wildman–Crippen MR) is 74.8 cm³/mol. The quantitative estimate of drug-likeness (QED) is 0.794. The number of aryl methyl sites for hydroxylation is 1. The number of nitrogens with zero attached hydrogens (tertiary/aromatic N) is 1. The van der Waals surface area contributed by atoms with Crippen LogP contribution in [0.2, 0.25) is 0 Å². The molecule has 0 saturated heterocycles. The molecule has 0 radical (unpaired) electrons. The normalized spacial score (nSPS) is 20.2. The van der Waals surface area contributed by atoms with E-state index in [2.05, 4.69) is 21.7 Å². The maximum atomic E-state index is 12.4. The van der Waals surface area contributed by atoms with Crippen LogP contribution in [0.4, 0.5) is 0 Å². The first-order valence-corrected chi connectivity index (χ1v) is 8.11. The lowest BCUT2D eigenvalue weighted by molar-refractivity contribution is -0.134. The van der Waals surface area contributed by atoms with Gasteiger partial charge in [0, 0.05) is 18.5 Å². The second kappa shape index (κ2) is 5.43. The first kappa shape index (κ1) is 12.2. The van der Waals surface area contributed by atoms with Gasteiger partial charge in [0.15, 0.2) is 0 Å². The largest absolute Gasteiger partial charge is 0.337 e. The van der Waals surface area contributed by atoms with Crippen LogP contribution in [-0.4, -0.2) is 22.9 Å². The molecule has 0 bridgehead atoms. The van der Waals surface area contributed by atoms with Gasteiger partial charge < -0.3 is 4.90 Å². The Morgan fingerprint density at radius 1 is 1.22 bits per heavy atom. The molecule has 1 heterocycles. The van der Waals surface area contributed by atoms with Crippen molar-refractivity contribution in [1.29, 1.82) is 0 Å². The van der Waals surface area contributed by atoms with Gasteiger partial charge in [-0.15, -0.1) is 0 Å². The average Bonchev–Trinajstić information content (AvgIpc) is 2.86. The van der Waals surface area contributed by atoms with Gasteiger partial charge in [-0.3, -0.25) is 4.79 Å². The third-order valence-electron chi connectivity index (χ3n) is 4.15. The number of thiophene rings is 1. The monoisotopic (exact) mass is 263 g/mol. The smallest absolute Gasteiger partial charge is 0.223 e. The van der Waals surface area contributed by atoms with Crippen LogP contribution in [0.5, 0.6) is 0 Å². The molecule has 3 rings (SSSR count). The van der Waals surface area contributed by atoms with Crippen molar-refractivity contribution in [2.75, 3.05) is 0 Å². The number of hydrogen-bond acceptors (Lipinski definition) is 2. The van der Waals surface area contributed by atoms with E-state index in [0.717, 1.165) is 6.42 Å². The van der Waals surface area contributed by atoms with Crippen LogP contribution >= 0.6 is 11.3 Å². The van der Waals surface area contributed by atoms with Crippen molar-refractivity contribution in [3.8, 4) is 0 Å². The van der Waals surface area contributed by atoms with Crippen molar-refractivity contribution in [2.24, 2.45) is 0 Å². The Morgan fingerprint density at radius 2 is 1.94 bits per heavy atom. The topological polar surface area (TPSA) is 20.3 Å². The zero-order chi connectivity index (χ0) is 12.4. The van der Waals surface area contributed by atoms with Gasteiger partial charge >= 0.3 is 0 Å². The number of carbonyl (C=O) groups is 1. The molecule has 0 atom stereocenters. The summed E-state index contributed by atoms with van der Waals surface area (Å²) in [6.45, 7) is 0. The van der Waals surface area contributed by atoms with E-state index in [9.17, 15) is 4.79 Å². The zero-order valence-electron chi connectivity index (χ0n) is 10.8. The fraction of sp³-hybridized carbons (Fsp3) is 0.667. The SMILES string of the molecule is O=C(CCc1ccsc1)N(C1CCCC1)C1CC1. The van der Waals surface area contributed by atoms with E-state index in [1.165, 1.54) is 44.1 Å². The number of carbonyl (C=O) groups excluding carboxylic acids is 1. The highest BCUT2D eigenvalue weighted by Crippen LogP contribution is 2.35. The molecule has 98 valence electrons. The van der Waals surface area contributed by atoms with Crippen LogP contribution in [0.3, 0.4) is 0 Å². The minimum absolute atomic E-state index is 0.399. The van der Waals surface area contributed by atoms with E-state index < -0.39 is 0 Å². The molecule has 1 aromatic rings. The van der Waals surface area contributed by atoms with Gasteiger partial charge in [0.2, 0.25) is 5.91 Å². The molecule has 1 amide bonds. The molecule has 18 heavy (non-hydrogen) atoms. The maximum absolute atomic E-state index is 12.4. The molecule has 0 aliphatic heterocycles. The highest BCUT2D eigenvalue weighted by atomic mass is 32.1. The molecule has 1 aromatic heterocycles. The summed E-state index contributed by atoms with van der Waals surface area (Å²) in [6, 6.07) is 3.28. The van der Waals surface area contributed by atoms with Gasteiger partial charge in [0.25, 0.3) is 0 Å². The van der Waals surface area contributed by atoms with Crippen LogP contribution in [-0.2, 0) is 11.2 Å². The van der Waals surface area contributed by atoms with Crippen molar-refractivity contribution in [3.63, 3.8) is 0 Å². The summed E-state index contributed by atoms with van der Waals surface area (Å²) in [7, 11) is 0. The summed E-state index contributed by atoms with van der Waals surface area (Å²) in [4.78, 5) is 14.7. The van der Waals surface area contributed by atoms with Gasteiger partial charge in [-0.1, -0.05) is 12.8 Å². The lowest BCUT2D eigenvalue weighted by atomic mass is 10.1. The summed E-state index contributed by atoms with van der Waals surface area (Å²) in [5.41, 5.74) is 1.32. The molecule has 3 heteroatoms. The van der Waals surface area contributed by atoms with E-state index in [4.69, 9.17) is 0 Å². The Kier molecular flexibility index (Phi) is 3.69. The Morgan fingerprint density at radius 3 is 2.56 bits per heavy atom. The Hall–Kier alpha value is -0.830. The first-order valence-electron chi connectivity index (χ1n) is 7.17. The molecule has 0 unspecified atom stereocenters. The summed E-state index contributed by atoms with van der Waals surface area (Å²) in [6.07, 6.45) is 9.18.